The number of nitrogens with zero attached hydrogens (tertiary/aromatic N) is 1. The Morgan fingerprint density at radius 3 is 2.56 bits per heavy atom. The van der Waals surface area contributed by atoms with Crippen molar-refractivity contribution in [1.29, 1.82) is 0 Å². The van der Waals surface area contributed by atoms with Gasteiger partial charge in [0.2, 0.25) is 0 Å². The van der Waals surface area contributed by atoms with Crippen LogP contribution in [0.5, 0.6) is 0 Å². The number of rotatable bonds is 2. The summed E-state index contributed by atoms with van der Waals surface area (Å²) in [7, 11) is 0. The normalized spacial score (nSPS) is 22.3. The lowest BCUT2D eigenvalue weighted by atomic mass is 10.5. The molecule has 1 radical (unpaired) electrons. The fourth-order valence-electron chi connectivity index (χ4n) is 0.983. The highest BCUT2D eigenvalue weighted by molar-refractivity contribution is 7.99. The Bertz CT molecular complexity index is 68.7. The first-order chi connectivity index (χ1) is 4.43. The summed E-state index contributed by atoms with van der Waals surface area (Å²) in [6, 6.07) is 0. The van der Waals surface area contributed by atoms with Crippen LogP contribution in [0, 0.1) is 0 Å². The van der Waals surface area contributed by atoms with Gasteiger partial charge in [-0.05, 0) is 0 Å². The molecule has 0 amide bonds. The highest BCUT2D eigenvalue weighted by Crippen LogP contribution is 2.07. The van der Waals surface area contributed by atoms with Crippen LogP contribution in [0.3, 0.4) is 0 Å². The molecule has 0 aromatic heterocycles. The van der Waals surface area contributed by atoms with Crippen LogP contribution >= 0.6 is 11.8 Å². The Kier molecular flexibility index (Phi) is 3.40. The van der Waals surface area contributed by atoms with Gasteiger partial charge in [-0.3, -0.25) is 5.73 Å². The van der Waals surface area contributed by atoms with E-state index in [4.69, 9.17) is 5.73 Å². The first kappa shape index (κ1) is 7.38. The summed E-state index contributed by atoms with van der Waals surface area (Å²) in [5.41, 5.74) is 6.99. The SMILES string of the molecule is [NH]CCN1CCSCC1. The zero-order valence-electron chi connectivity index (χ0n) is 5.60. The van der Waals surface area contributed by atoms with Crippen molar-refractivity contribution in [1.82, 2.24) is 10.6 Å². The molecule has 0 aliphatic carbocycles. The van der Waals surface area contributed by atoms with Gasteiger partial charge < -0.3 is 4.90 Å². The van der Waals surface area contributed by atoms with Crippen LogP contribution in [0.15, 0.2) is 0 Å². The molecule has 9 heavy (non-hydrogen) atoms. The van der Waals surface area contributed by atoms with Gasteiger partial charge in [0.15, 0.2) is 0 Å². The average molecular weight is 145 g/mol. The van der Waals surface area contributed by atoms with Crippen molar-refractivity contribution in [2.24, 2.45) is 0 Å². The molecule has 3 heteroatoms. The van der Waals surface area contributed by atoms with Crippen molar-refractivity contribution in [2.45, 2.75) is 0 Å². The van der Waals surface area contributed by atoms with E-state index in [0.29, 0.717) is 6.54 Å². The van der Waals surface area contributed by atoms with E-state index in [2.05, 4.69) is 4.90 Å². The highest BCUT2D eigenvalue weighted by Gasteiger charge is 2.07. The maximum Gasteiger partial charge on any atom is 0.0228 e. The summed E-state index contributed by atoms with van der Waals surface area (Å²) in [6.07, 6.45) is 0. The second-order valence-corrected chi connectivity index (χ2v) is 3.43. The maximum absolute atomic E-state index is 6.99. The number of thioether (sulfide) groups is 1. The summed E-state index contributed by atoms with van der Waals surface area (Å²) in [6.45, 7) is 3.93. The average Bonchev–Trinajstić information content (AvgIpc) is 1.91. The number of hydrogen-bond donors (Lipinski definition) is 0. The largest absolute Gasteiger partial charge is 0.300 e. The van der Waals surface area contributed by atoms with E-state index in [1.54, 1.807) is 0 Å². The minimum absolute atomic E-state index is 0.560. The minimum atomic E-state index is 0.560. The molecule has 0 spiro atoms. The predicted molar refractivity (Wildman–Crippen MR) is 41.7 cm³/mol. The van der Waals surface area contributed by atoms with E-state index in [0.717, 1.165) is 6.54 Å². The van der Waals surface area contributed by atoms with E-state index < -0.39 is 0 Å². The van der Waals surface area contributed by atoms with Gasteiger partial charge in [-0.2, -0.15) is 11.8 Å². The molecule has 2 nitrogen and oxygen atoms in total. The maximum atomic E-state index is 6.99. The molecule has 1 aliphatic rings. The zero-order valence-corrected chi connectivity index (χ0v) is 6.41. The summed E-state index contributed by atoms with van der Waals surface area (Å²) in [5.74, 6) is 2.53. The van der Waals surface area contributed by atoms with Gasteiger partial charge in [-0.25, -0.2) is 0 Å². The quantitative estimate of drug-likeness (QED) is 0.559. The summed E-state index contributed by atoms with van der Waals surface area (Å²) in [4.78, 5) is 2.36. The molecule has 53 valence electrons. The zero-order chi connectivity index (χ0) is 6.53. The van der Waals surface area contributed by atoms with Gasteiger partial charge in [-0.15, -0.1) is 0 Å². The molecule has 1 rings (SSSR count). The first-order valence-electron chi connectivity index (χ1n) is 3.38. The first-order valence-corrected chi connectivity index (χ1v) is 4.53. The van der Waals surface area contributed by atoms with E-state index >= 15 is 0 Å². The van der Waals surface area contributed by atoms with Gasteiger partial charge >= 0.3 is 0 Å². The molecule has 0 unspecified atom stereocenters. The topological polar surface area (TPSA) is 27.0 Å². The van der Waals surface area contributed by atoms with Crippen molar-refractivity contribution < 1.29 is 0 Å². The Morgan fingerprint density at radius 1 is 1.33 bits per heavy atom. The Balaban J connectivity index is 2.08. The van der Waals surface area contributed by atoms with Crippen LogP contribution in [0.1, 0.15) is 0 Å². The molecule has 0 aromatic rings. The summed E-state index contributed by atoms with van der Waals surface area (Å²) < 4.78 is 0. The molecule has 1 N–H and O–H groups in total. The van der Waals surface area contributed by atoms with Crippen molar-refractivity contribution in [3.63, 3.8) is 0 Å². The molecular formula is C6H13N2S. The molecule has 1 heterocycles. The molecule has 0 atom stereocenters. The van der Waals surface area contributed by atoms with Crippen LogP contribution in [0.2, 0.25) is 0 Å². The van der Waals surface area contributed by atoms with Crippen molar-refractivity contribution in [3.05, 3.63) is 0 Å². The lowest BCUT2D eigenvalue weighted by Gasteiger charge is -2.24. The van der Waals surface area contributed by atoms with Crippen molar-refractivity contribution in [3.8, 4) is 0 Å². The van der Waals surface area contributed by atoms with Gasteiger partial charge in [0.05, 0.1) is 0 Å². The van der Waals surface area contributed by atoms with Crippen LogP contribution in [0.25, 0.3) is 0 Å². The molecule has 0 bridgehead atoms. The lowest BCUT2D eigenvalue weighted by molar-refractivity contribution is 0.310. The number of hydrogen-bond acceptors (Lipinski definition) is 2. The minimum Gasteiger partial charge on any atom is -0.300 e. The van der Waals surface area contributed by atoms with Gasteiger partial charge in [-0.1, -0.05) is 0 Å². The monoisotopic (exact) mass is 145 g/mol. The van der Waals surface area contributed by atoms with Crippen LogP contribution < -0.4 is 5.73 Å². The smallest absolute Gasteiger partial charge is 0.0228 e. The fourth-order valence-corrected chi connectivity index (χ4v) is 1.96. The molecule has 1 aliphatic heterocycles. The molecular weight excluding hydrogens is 132 g/mol. The Labute approximate surface area is 60.8 Å². The number of nitrogens with one attached hydrogen (secondary N) is 1. The Morgan fingerprint density at radius 2 is 2.00 bits per heavy atom. The third kappa shape index (κ3) is 2.56. The molecule has 0 saturated carbocycles. The van der Waals surface area contributed by atoms with Crippen molar-refractivity contribution in [2.75, 3.05) is 37.7 Å². The van der Waals surface area contributed by atoms with E-state index in [9.17, 15) is 0 Å². The van der Waals surface area contributed by atoms with E-state index in [1.165, 1.54) is 24.6 Å². The standard InChI is InChI=1S/C6H13N2S/c7-1-2-8-3-5-9-6-4-8/h7H,1-6H2. The third-order valence-corrected chi connectivity index (χ3v) is 2.47. The predicted octanol–water partition coefficient (Wildman–Crippen LogP) is 0.318. The van der Waals surface area contributed by atoms with E-state index in [1.807, 2.05) is 11.8 Å². The second kappa shape index (κ2) is 4.14. The van der Waals surface area contributed by atoms with Crippen LogP contribution in [-0.4, -0.2) is 42.6 Å². The summed E-state index contributed by atoms with van der Waals surface area (Å²) in [5, 5.41) is 0. The van der Waals surface area contributed by atoms with Gasteiger partial charge in [0.25, 0.3) is 0 Å². The van der Waals surface area contributed by atoms with Gasteiger partial charge in [0, 0.05) is 37.7 Å². The summed E-state index contributed by atoms with van der Waals surface area (Å²) >= 11 is 2.02. The highest BCUT2D eigenvalue weighted by atomic mass is 32.2. The molecule has 0 aromatic carbocycles. The third-order valence-electron chi connectivity index (χ3n) is 1.53. The second-order valence-electron chi connectivity index (χ2n) is 2.20. The fraction of sp³-hybridized carbons (Fsp3) is 1.00. The van der Waals surface area contributed by atoms with Crippen LogP contribution in [0.4, 0.5) is 0 Å². The lowest BCUT2D eigenvalue weighted by Crippen LogP contribution is -2.34. The van der Waals surface area contributed by atoms with Crippen molar-refractivity contribution >= 4 is 11.8 Å². The van der Waals surface area contributed by atoms with E-state index in [-0.39, 0.29) is 0 Å². The van der Waals surface area contributed by atoms with Gasteiger partial charge in [0.1, 0.15) is 0 Å². The van der Waals surface area contributed by atoms with Crippen LogP contribution in [-0.2, 0) is 0 Å². The Hall–Kier alpha value is 0.270. The molecule has 1 saturated heterocycles. The molecule has 1 fully saturated rings.